The predicted molar refractivity (Wildman–Crippen MR) is 111 cm³/mol. The molecule has 0 saturated carbocycles. The van der Waals surface area contributed by atoms with E-state index in [1.165, 1.54) is 10.4 Å². The largest absolute Gasteiger partial charge is 0.337 e. The number of amides is 1. The monoisotopic (exact) mass is 430 g/mol. The fourth-order valence-corrected chi connectivity index (χ4v) is 4.97. The van der Waals surface area contributed by atoms with Crippen molar-refractivity contribution in [1.29, 1.82) is 0 Å². The van der Waals surface area contributed by atoms with Crippen LogP contribution in [0.2, 0.25) is 5.15 Å². The number of carbonyl (C=O) groups excluding carboxylic acids is 1. The molecule has 1 amide bonds. The minimum absolute atomic E-state index is 0.191. The molecule has 1 aromatic carbocycles. The summed E-state index contributed by atoms with van der Waals surface area (Å²) in [6, 6.07) is 13.9. The maximum atomic E-state index is 12.7. The van der Waals surface area contributed by atoms with E-state index < -0.39 is 10.0 Å². The van der Waals surface area contributed by atoms with Crippen molar-refractivity contribution in [3.8, 4) is 0 Å². The van der Waals surface area contributed by atoms with Gasteiger partial charge in [-0.2, -0.15) is 4.31 Å². The van der Waals surface area contributed by atoms with Crippen LogP contribution in [0.3, 0.4) is 0 Å². The number of carbonyl (C=O) groups is 1. The van der Waals surface area contributed by atoms with Gasteiger partial charge in [-0.25, -0.2) is 13.4 Å². The van der Waals surface area contributed by atoms with Crippen molar-refractivity contribution in [3.05, 3.63) is 71.7 Å². The van der Waals surface area contributed by atoms with E-state index in [-0.39, 0.29) is 23.9 Å². The maximum absolute atomic E-state index is 12.7. The molecule has 0 N–H and O–H groups in total. The Morgan fingerprint density at radius 3 is 2.41 bits per heavy atom. The van der Waals surface area contributed by atoms with Crippen molar-refractivity contribution in [2.45, 2.75) is 4.90 Å². The second-order valence-corrected chi connectivity index (χ2v) is 8.89. The highest BCUT2D eigenvalue weighted by Crippen LogP contribution is 2.20. The third kappa shape index (κ3) is 3.91. The van der Waals surface area contributed by atoms with Crippen LogP contribution in [0, 0.1) is 0 Å². The first-order valence-corrected chi connectivity index (χ1v) is 10.9. The van der Waals surface area contributed by atoms with Crippen LogP contribution in [0.1, 0.15) is 5.69 Å². The van der Waals surface area contributed by atoms with Crippen molar-refractivity contribution in [1.82, 2.24) is 18.6 Å². The minimum Gasteiger partial charge on any atom is -0.337 e. The minimum atomic E-state index is -3.54. The highest BCUT2D eigenvalue weighted by molar-refractivity contribution is 7.89. The van der Waals surface area contributed by atoms with Gasteiger partial charge in [-0.1, -0.05) is 35.9 Å². The SMILES string of the molecule is O=C(/C=C/c1c(Cl)nc2ccccn12)N1CCN(S(=O)(=O)c2ccccc2)CC1. The van der Waals surface area contributed by atoms with Crippen LogP contribution < -0.4 is 0 Å². The highest BCUT2D eigenvalue weighted by Gasteiger charge is 2.29. The average molecular weight is 431 g/mol. The van der Waals surface area contributed by atoms with Crippen LogP contribution >= 0.6 is 11.6 Å². The molecule has 1 fully saturated rings. The van der Waals surface area contributed by atoms with Gasteiger partial charge in [0.05, 0.1) is 10.6 Å². The first-order valence-electron chi connectivity index (χ1n) is 9.11. The molecule has 2 aromatic heterocycles. The van der Waals surface area contributed by atoms with E-state index in [2.05, 4.69) is 4.98 Å². The summed E-state index contributed by atoms with van der Waals surface area (Å²) < 4.78 is 28.6. The summed E-state index contributed by atoms with van der Waals surface area (Å²) in [4.78, 5) is 18.7. The van der Waals surface area contributed by atoms with E-state index in [0.29, 0.717) is 29.6 Å². The summed E-state index contributed by atoms with van der Waals surface area (Å²) in [7, 11) is -3.54. The number of nitrogens with zero attached hydrogens (tertiary/aromatic N) is 4. The quantitative estimate of drug-likeness (QED) is 0.596. The van der Waals surface area contributed by atoms with Crippen LogP contribution in [-0.4, -0.2) is 59.1 Å². The van der Waals surface area contributed by atoms with Gasteiger partial charge in [0.2, 0.25) is 15.9 Å². The summed E-state index contributed by atoms with van der Waals surface area (Å²) in [5.74, 6) is -0.191. The van der Waals surface area contributed by atoms with Gasteiger partial charge in [-0.05, 0) is 30.3 Å². The van der Waals surface area contributed by atoms with Gasteiger partial charge in [0.1, 0.15) is 5.65 Å². The van der Waals surface area contributed by atoms with E-state index in [1.807, 2.05) is 24.4 Å². The van der Waals surface area contributed by atoms with E-state index in [9.17, 15) is 13.2 Å². The van der Waals surface area contributed by atoms with E-state index in [0.717, 1.165) is 0 Å². The molecule has 0 radical (unpaired) electrons. The highest BCUT2D eigenvalue weighted by atomic mass is 35.5. The van der Waals surface area contributed by atoms with Crippen molar-refractivity contribution >= 4 is 39.3 Å². The third-order valence-corrected chi connectivity index (χ3v) is 7.03. The van der Waals surface area contributed by atoms with Gasteiger partial charge in [0.25, 0.3) is 0 Å². The summed E-state index contributed by atoms with van der Waals surface area (Å²) in [5, 5.41) is 0.319. The average Bonchev–Trinajstić information content (AvgIpc) is 3.07. The van der Waals surface area contributed by atoms with Crippen molar-refractivity contribution in [3.63, 3.8) is 0 Å². The Kier molecular flexibility index (Phi) is 5.40. The van der Waals surface area contributed by atoms with Gasteiger partial charge in [0.15, 0.2) is 5.15 Å². The Balaban J connectivity index is 1.43. The molecular formula is C20H19ClN4O3S. The normalized spacial score (nSPS) is 16.0. The topological polar surface area (TPSA) is 75.0 Å². The molecule has 0 bridgehead atoms. The molecular weight excluding hydrogens is 412 g/mol. The first-order chi connectivity index (χ1) is 14.0. The lowest BCUT2D eigenvalue weighted by molar-refractivity contribution is -0.127. The molecule has 7 nitrogen and oxygen atoms in total. The molecule has 1 aliphatic heterocycles. The van der Waals surface area contributed by atoms with Crippen LogP contribution in [0.4, 0.5) is 0 Å². The first kappa shape index (κ1) is 19.6. The van der Waals surface area contributed by atoms with Gasteiger partial charge in [0, 0.05) is 38.5 Å². The molecule has 29 heavy (non-hydrogen) atoms. The molecule has 1 aliphatic rings. The van der Waals surface area contributed by atoms with Crippen molar-refractivity contribution < 1.29 is 13.2 Å². The van der Waals surface area contributed by atoms with E-state index >= 15 is 0 Å². The zero-order valence-electron chi connectivity index (χ0n) is 15.5. The Hall–Kier alpha value is -2.68. The lowest BCUT2D eigenvalue weighted by Gasteiger charge is -2.33. The zero-order valence-corrected chi connectivity index (χ0v) is 17.1. The fourth-order valence-electron chi connectivity index (χ4n) is 3.28. The summed E-state index contributed by atoms with van der Waals surface area (Å²) in [5.41, 5.74) is 1.32. The van der Waals surface area contributed by atoms with Crippen LogP contribution in [-0.2, 0) is 14.8 Å². The second-order valence-electron chi connectivity index (χ2n) is 6.59. The van der Waals surface area contributed by atoms with Crippen LogP contribution in [0.25, 0.3) is 11.7 Å². The smallest absolute Gasteiger partial charge is 0.246 e. The molecule has 0 spiro atoms. The molecule has 1 saturated heterocycles. The zero-order chi connectivity index (χ0) is 20.4. The number of pyridine rings is 1. The molecule has 0 unspecified atom stereocenters. The number of rotatable bonds is 4. The van der Waals surface area contributed by atoms with Crippen molar-refractivity contribution in [2.75, 3.05) is 26.2 Å². The number of benzene rings is 1. The van der Waals surface area contributed by atoms with Gasteiger partial charge >= 0.3 is 0 Å². The molecule has 3 heterocycles. The fraction of sp³-hybridized carbons (Fsp3) is 0.200. The molecule has 150 valence electrons. The van der Waals surface area contributed by atoms with Gasteiger partial charge in [-0.3, -0.25) is 9.20 Å². The molecule has 3 aromatic rings. The number of sulfonamides is 1. The number of hydrogen-bond donors (Lipinski definition) is 0. The maximum Gasteiger partial charge on any atom is 0.246 e. The Morgan fingerprint density at radius 2 is 1.69 bits per heavy atom. The van der Waals surface area contributed by atoms with Crippen molar-refractivity contribution in [2.24, 2.45) is 0 Å². The van der Waals surface area contributed by atoms with E-state index in [4.69, 9.17) is 11.6 Å². The number of halogens is 1. The number of piperazine rings is 1. The van der Waals surface area contributed by atoms with Crippen LogP contribution in [0.5, 0.6) is 0 Å². The molecule has 4 rings (SSSR count). The number of hydrogen-bond acceptors (Lipinski definition) is 4. The van der Waals surface area contributed by atoms with Crippen LogP contribution in [0.15, 0.2) is 65.7 Å². The molecule has 0 aliphatic carbocycles. The lowest BCUT2D eigenvalue weighted by Crippen LogP contribution is -2.50. The predicted octanol–water partition coefficient (Wildman–Crippen LogP) is 2.53. The number of fused-ring (bicyclic) bond motifs is 1. The Bertz CT molecular complexity index is 1170. The molecule has 0 atom stereocenters. The third-order valence-electron chi connectivity index (χ3n) is 4.84. The molecule has 9 heteroatoms. The standard InChI is InChI=1S/C20H19ClN4O3S/c21-20-17(25-11-5-4-8-18(25)22-20)9-10-19(26)23-12-14-24(15-13-23)29(27,28)16-6-2-1-3-7-16/h1-11H,12-15H2/b10-9+. The summed E-state index contributed by atoms with van der Waals surface area (Å²) >= 11 is 6.18. The van der Waals surface area contributed by atoms with E-state index in [1.54, 1.807) is 45.7 Å². The Morgan fingerprint density at radius 1 is 1.00 bits per heavy atom. The Labute approximate surface area is 173 Å². The number of aromatic nitrogens is 2. The van der Waals surface area contributed by atoms with Gasteiger partial charge in [-0.15, -0.1) is 0 Å². The second kappa shape index (κ2) is 7.98. The van der Waals surface area contributed by atoms with Gasteiger partial charge < -0.3 is 4.90 Å². The lowest BCUT2D eigenvalue weighted by atomic mass is 10.3. The number of imidazole rings is 1. The summed E-state index contributed by atoms with van der Waals surface area (Å²) in [6.07, 6.45) is 4.91. The summed E-state index contributed by atoms with van der Waals surface area (Å²) in [6.45, 7) is 1.17.